The molecule has 1 fully saturated rings. The molecule has 0 atom stereocenters. The van der Waals surface area contributed by atoms with Crippen LogP contribution in [0.2, 0.25) is 0 Å². The lowest BCUT2D eigenvalue weighted by Gasteiger charge is -2.27. The van der Waals surface area contributed by atoms with Crippen molar-refractivity contribution in [2.75, 3.05) is 4.90 Å². The maximum absolute atomic E-state index is 14.4. The van der Waals surface area contributed by atoms with E-state index < -0.39 is 17.8 Å². The molecule has 0 unspecified atom stereocenters. The van der Waals surface area contributed by atoms with Crippen LogP contribution in [0.3, 0.4) is 0 Å². The van der Waals surface area contributed by atoms with Crippen LogP contribution < -0.4 is 10.2 Å². The Hall–Kier alpha value is -4.00. The second kappa shape index (κ2) is 7.92. The van der Waals surface area contributed by atoms with E-state index in [2.05, 4.69) is 5.32 Å². The van der Waals surface area contributed by atoms with Gasteiger partial charge < -0.3 is 4.57 Å². The molecule has 162 valence electrons. The Balaban J connectivity index is 1.79. The molecule has 1 aliphatic rings. The van der Waals surface area contributed by atoms with E-state index in [1.807, 2.05) is 26.8 Å². The van der Waals surface area contributed by atoms with Crippen molar-refractivity contribution in [1.82, 2.24) is 9.88 Å². The summed E-state index contributed by atoms with van der Waals surface area (Å²) >= 11 is 0. The first-order valence-corrected chi connectivity index (χ1v) is 10.1. The lowest BCUT2D eigenvalue weighted by atomic mass is 10.1. The first kappa shape index (κ1) is 21.2. The van der Waals surface area contributed by atoms with Gasteiger partial charge in [-0.05, 0) is 80.8 Å². The molecule has 0 saturated carbocycles. The standard InChI is InChI=1S/C25H22FN3O3/c1-14-9-15(2)11-19(10-14)29-24(31)20(23(30)27-25(29)32)13-18-12-16(3)28(17(18)4)22-8-6-5-7-21(22)26/h5-13H,1-4H3,(H,27,30,32)/b20-13+. The Kier molecular flexibility index (Phi) is 5.26. The minimum absolute atomic E-state index is 0.169. The number of nitrogens with one attached hydrogen (secondary N) is 1. The van der Waals surface area contributed by atoms with Gasteiger partial charge in [-0.15, -0.1) is 0 Å². The zero-order chi connectivity index (χ0) is 23.2. The number of halogens is 1. The van der Waals surface area contributed by atoms with Crippen LogP contribution in [-0.2, 0) is 9.59 Å². The summed E-state index contributed by atoms with van der Waals surface area (Å²) in [5.74, 6) is -1.86. The molecule has 6 nitrogen and oxygen atoms in total. The van der Waals surface area contributed by atoms with E-state index in [0.29, 0.717) is 22.6 Å². The summed E-state index contributed by atoms with van der Waals surface area (Å²) in [7, 11) is 0. The van der Waals surface area contributed by atoms with Gasteiger partial charge in [-0.2, -0.15) is 0 Å². The molecule has 1 aromatic heterocycles. The summed E-state index contributed by atoms with van der Waals surface area (Å²) in [5.41, 5.74) is 4.35. The minimum atomic E-state index is -0.793. The van der Waals surface area contributed by atoms with E-state index in [4.69, 9.17) is 0 Å². The van der Waals surface area contributed by atoms with Crippen LogP contribution in [0.4, 0.5) is 14.9 Å². The zero-order valence-corrected chi connectivity index (χ0v) is 18.2. The van der Waals surface area contributed by atoms with Crippen molar-refractivity contribution >= 4 is 29.6 Å². The van der Waals surface area contributed by atoms with Gasteiger partial charge in [0.1, 0.15) is 11.4 Å². The van der Waals surface area contributed by atoms with Crippen molar-refractivity contribution in [3.05, 3.63) is 88.0 Å². The van der Waals surface area contributed by atoms with Crippen LogP contribution in [0.5, 0.6) is 0 Å². The summed E-state index contributed by atoms with van der Waals surface area (Å²) in [5, 5.41) is 2.24. The molecule has 2 aromatic carbocycles. The minimum Gasteiger partial charge on any atom is -0.315 e. The van der Waals surface area contributed by atoms with Gasteiger partial charge in [-0.1, -0.05) is 18.2 Å². The lowest BCUT2D eigenvalue weighted by molar-refractivity contribution is -0.122. The third kappa shape index (κ3) is 3.62. The first-order valence-electron chi connectivity index (χ1n) is 10.1. The average molecular weight is 431 g/mol. The number of urea groups is 1. The maximum atomic E-state index is 14.4. The number of carbonyl (C=O) groups is 3. The zero-order valence-electron chi connectivity index (χ0n) is 18.2. The van der Waals surface area contributed by atoms with Crippen LogP contribution in [0.15, 0.2) is 54.1 Å². The predicted octanol–water partition coefficient (Wildman–Crippen LogP) is 4.52. The number of para-hydroxylation sites is 1. The molecule has 4 rings (SSSR count). The number of benzene rings is 2. The normalized spacial score (nSPS) is 15.5. The number of aromatic nitrogens is 1. The van der Waals surface area contributed by atoms with Crippen molar-refractivity contribution in [2.24, 2.45) is 0 Å². The molecule has 32 heavy (non-hydrogen) atoms. The number of barbiturate groups is 1. The molecule has 2 heterocycles. The SMILES string of the molecule is Cc1cc(C)cc(N2C(=O)NC(=O)/C(=C\c3cc(C)n(-c4ccccc4F)c3C)C2=O)c1. The number of amides is 4. The number of aryl methyl sites for hydroxylation is 3. The van der Waals surface area contributed by atoms with E-state index in [0.717, 1.165) is 21.7 Å². The molecule has 1 saturated heterocycles. The molecular weight excluding hydrogens is 409 g/mol. The number of hydrogen-bond donors (Lipinski definition) is 1. The highest BCUT2D eigenvalue weighted by atomic mass is 19.1. The Morgan fingerprint density at radius 2 is 1.56 bits per heavy atom. The van der Waals surface area contributed by atoms with Gasteiger partial charge in [0.25, 0.3) is 11.8 Å². The van der Waals surface area contributed by atoms with Crippen molar-refractivity contribution in [2.45, 2.75) is 27.7 Å². The van der Waals surface area contributed by atoms with Crippen LogP contribution in [0.1, 0.15) is 28.1 Å². The highest BCUT2D eigenvalue weighted by Gasteiger charge is 2.37. The Morgan fingerprint density at radius 3 is 2.22 bits per heavy atom. The van der Waals surface area contributed by atoms with Crippen LogP contribution in [0, 0.1) is 33.5 Å². The molecule has 0 radical (unpaired) electrons. The van der Waals surface area contributed by atoms with Crippen molar-refractivity contribution in [3.8, 4) is 5.69 Å². The van der Waals surface area contributed by atoms with Crippen molar-refractivity contribution in [1.29, 1.82) is 0 Å². The number of nitrogens with zero attached hydrogens (tertiary/aromatic N) is 2. The Labute approximate surface area is 185 Å². The van der Waals surface area contributed by atoms with E-state index in [1.165, 1.54) is 12.1 Å². The number of imide groups is 2. The third-order valence-corrected chi connectivity index (χ3v) is 5.43. The van der Waals surface area contributed by atoms with Gasteiger partial charge in [0.05, 0.1) is 11.4 Å². The monoisotopic (exact) mass is 431 g/mol. The molecule has 0 bridgehead atoms. The fourth-order valence-corrected chi connectivity index (χ4v) is 4.06. The number of carbonyl (C=O) groups excluding carboxylic acids is 3. The summed E-state index contributed by atoms with van der Waals surface area (Å²) in [6, 6.07) is 12.7. The third-order valence-electron chi connectivity index (χ3n) is 5.43. The summed E-state index contributed by atoms with van der Waals surface area (Å²) in [6.45, 7) is 7.32. The van der Waals surface area contributed by atoms with Crippen LogP contribution in [-0.4, -0.2) is 22.4 Å². The Morgan fingerprint density at radius 1 is 0.906 bits per heavy atom. The number of anilines is 1. The van der Waals surface area contributed by atoms with E-state index in [9.17, 15) is 18.8 Å². The fraction of sp³-hybridized carbons (Fsp3) is 0.160. The molecule has 3 aromatic rings. The highest BCUT2D eigenvalue weighted by molar-refractivity contribution is 6.39. The summed E-state index contributed by atoms with van der Waals surface area (Å²) < 4.78 is 16.1. The maximum Gasteiger partial charge on any atom is 0.335 e. The van der Waals surface area contributed by atoms with Crippen LogP contribution in [0.25, 0.3) is 11.8 Å². The Bertz CT molecular complexity index is 1300. The largest absolute Gasteiger partial charge is 0.335 e. The smallest absolute Gasteiger partial charge is 0.315 e. The number of rotatable bonds is 3. The second-order valence-corrected chi connectivity index (χ2v) is 7.92. The topological polar surface area (TPSA) is 71.4 Å². The van der Waals surface area contributed by atoms with Crippen LogP contribution >= 0.6 is 0 Å². The molecular formula is C25H22FN3O3. The van der Waals surface area contributed by atoms with E-state index >= 15 is 0 Å². The van der Waals surface area contributed by atoms with Gasteiger partial charge in [0.15, 0.2) is 0 Å². The predicted molar refractivity (Wildman–Crippen MR) is 120 cm³/mol. The molecule has 4 amide bonds. The van der Waals surface area contributed by atoms with Crippen molar-refractivity contribution < 1.29 is 18.8 Å². The van der Waals surface area contributed by atoms with E-state index in [1.54, 1.807) is 47.9 Å². The summed E-state index contributed by atoms with van der Waals surface area (Å²) in [4.78, 5) is 39.2. The first-order chi connectivity index (χ1) is 15.2. The fourth-order valence-electron chi connectivity index (χ4n) is 4.06. The molecule has 0 spiro atoms. The highest BCUT2D eigenvalue weighted by Crippen LogP contribution is 2.27. The van der Waals surface area contributed by atoms with Gasteiger partial charge in [0.2, 0.25) is 0 Å². The quantitative estimate of drug-likeness (QED) is 0.490. The van der Waals surface area contributed by atoms with Gasteiger partial charge >= 0.3 is 6.03 Å². The van der Waals surface area contributed by atoms with E-state index in [-0.39, 0.29) is 11.4 Å². The number of hydrogen-bond acceptors (Lipinski definition) is 3. The molecule has 0 aliphatic carbocycles. The van der Waals surface area contributed by atoms with Crippen molar-refractivity contribution in [3.63, 3.8) is 0 Å². The lowest BCUT2D eigenvalue weighted by Crippen LogP contribution is -2.54. The molecule has 1 aliphatic heterocycles. The molecule has 7 heteroatoms. The summed E-state index contributed by atoms with van der Waals surface area (Å²) in [6.07, 6.45) is 1.44. The van der Waals surface area contributed by atoms with Gasteiger partial charge in [-0.3, -0.25) is 14.9 Å². The second-order valence-electron chi connectivity index (χ2n) is 7.92. The van der Waals surface area contributed by atoms with Gasteiger partial charge in [-0.25, -0.2) is 14.1 Å². The molecule has 1 N–H and O–H groups in total. The average Bonchev–Trinajstić information content (AvgIpc) is 2.98. The van der Waals surface area contributed by atoms with Gasteiger partial charge in [0, 0.05) is 11.4 Å².